The van der Waals surface area contributed by atoms with Crippen molar-refractivity contribution in [3.63, 3.8) is 0 Å². The predicted octanol–water partition coefficient (Wildman–Crippen LogP) is 2.45. The van der Waals surface area contributed by atoms with Crippen LogP contribution in [0.4, 0.5) is 5.13 Å². The van der Waals surface area contributed by atoms with Crippen molar-refractivity contribution in [2.75, 3.05) is 50.4 Å². The standard InChI is InChI=1S/C23H26N4O5S3/c1-34(29,30)19-8-9-20-21(16-19)33-23(24-20)26-14-12-25(13-15-26)22(28)17-4-6-18(7-5-17)35(31,32)27-10-2-3-11-27/h4-9,16H,2-3,10-15H2,1H3. The summed E-state index contributed by atoms with van der Waals surface area (Å²) in [6, 6.07) is 11.2. The highest BCUT2D eigenvalue weighted by Crippen LogP contribution is 2.31. The Bertz CT molecular complexity index is 1470. The summed E-state index contributed by atoms with van der Waals surface area (Å²) >= 11 is 1.44. The van der Waals surface area contributed by atoms with E-state index in [9.17, 15) is 21.6 Å². The quantitative estimate of drug-likeness (QED) is 0.495. The van der Waals surface area contributed by atoms with Gasteiger partial charge in [-0.1, -0.05) is 11.3 Å². The molecule has 2 aliphatic heterocycles. The fourth-order valence-electron chi connectivity index (χ4n) is 4.39. The minimum atomic E-state index is -3.50. The average molecular weight is 535 g/mol. The number of hydrogen-bond donors (Lipinski definition) is 0. The van der Waals surface area contributed by atoms with Crippen molar-refractivity contribution in [2.24, 2.45) is 0 Å². The third-order valence-corrected chi connectivity index (χ3v) is 10.5. The summed E-state index contributed by atoms with van der Waals surface area (Å²) in [5, 5.41) is 0.800. The normalized spacial score (nSPS) is 17.9. The third kappa shape index (κ3) is 4.80. The van der Waals surface area contributed by atoms with Crippen LogP contribution in [0.1, 0.15) is 23.2 Å². The predicted molar refractivity (Wildman–Crippen MR) is 135 cm³/mol. The molecule has 0 N–H and O–H groups in total. The van der Waals surface area contributed by atoms with Gasteiger partial charge in [0.05, 0.1) is 20.0 Å². The number of sulfonamides is 1. The minimum absolute atomic E-state index is 0.128. The SMILES string of the molecule is CS(=O)(=O)c1ccc2nc(N3CCN(C(=O)c4ccc(S(=O)(=O)N5CCCC5)cc4)CC3)sc2c1. The lowest BCUT2D eigenvalue weighted by Crippen LogP contribution is -2.48. The highest BCUT2D eigenvalue weighted by molar-refractivity contribution is 7.90. The van der Waals surface area contributed by atoms with Gasteiger partial charge in [0.2, 0.25) is 10.0 Å². The Labute approximate surface area is 208 Å². The number of carbonyl (C=O) groups is 1. The molecule has 2 aromatic carbocycles. The summed E-state index contributed by atoms with van der Waals surface area (Å²) in [5.74, 6) is -0.128. The van der Waals surface area contributed by atoms with Crippen LogP contribution in [0, 0.1) is 0 Å². The summed E-state index contributed by atoms with van der Waals surface area (Å²) in [6.45, 7) is 3.31. The molecule has 186 valence electrons. The summed E-state index contributed by atoms with van der Waals surface area (Å²) in [6.07, 6.45) is 2.94. The molecule has 0 spiro atoms. The first kappa shape index (κ1) is 24.2. The van der Waals surface area contributed by atoms with Crippen LogP contribution in [-0.2, 0) is 19.9 Å². The number of anilines is 1. The Morgan fingerprint density at radius 1 is 0.857 bits per heavy atom. The van der Waals surface area contributed by atoms with Crippen molar-refractivity contribution in [3.05, 3.63) is 48.0 Å². The molecule has 0 saturated carbocycles. The molecule has 2 saturated heterocycles. The van der Waals surface area contributed by atoms with Crippen LogP contribution < -0.4 is 4.90 Å². The molecule has 0 unspecified atom stereocenters. The fraction of sp³-hybridized carbons (Fsp3) is 0.391. The van der Waals surface area contributed by atoms with Gasteiger partial charge in [-0.3, -0.25) is 4.79 Å². The van der Waals surface area contributed by atoms with E-state index in [1.807, 2.05) is 0 Å². The molecule has 2 fully saturated rings. The number of sulfone groups is 1. The van der Waals surface area contributed by atoms with Crippen molar-refractivity contribution in [1.82, 2.24) is 14.2 Å². The zero-order valence-corrected chi connectivity index (χ0v) is 21.7. The molecular formula is C23H26N4O5S3. The maximum atomic E-state index is 13.0. The van der Waals surface area contributed by atoms with Gasteiger partial charge in [-0.05, 0) is 55.3 Å². The molecule has 0 aliphatic carbocycles. The zero-order chi connectivity index (χ0) is 24.8. The monoisotopic (exact) mass is 534 g/mol. The van der Waals surface area contributed by atoms with Gasteiger partial charge >= 0.3 is 0 Å². The molecule has 12 heteroatoms. The molecule has 3 heterocycles. The molecule has 5 rings (SSSR count). The van der Waals surface area contributed by atoms with E-state index in [0.717, 1.165) is 28.2 Å². The Balaban J connectivity index is 1.24. The Hall–Kier alpha value is -2.54. The van der Waals surface area contributed by atoms with E-state index in [1.54, 1.807) is 35.2 Å². The molecule has 0 bridgehead atoms. The van der Waals surface area contributed by atoms with Crippen LogP contribution in [0.2, 0.25) is 0 Å². The van der Waals surface area contributed by atoms with Crippen LogP contribution in [0.25, 0.3) is 10.2 Å². The van der Waals surface area contributed by atoms with Crippen molar-refractivity contribution in [1.29, 1.82) is 0 Å². The van der Waals surface area contributed by atoms with Crippen LogP contribution in [0.3, 0.4) is 0 Å². The molecule has 0 atom stereocenters. The lowest BCUT2D eigenvalue weighted by molar-refractivity contribution is 0.0746. The molecule has 35 heavy (non-hydrogen) atoms. The molecule has 1 aromatic heterocycles. The molecule has 2 aliphatic rings. The molecular weight excluding hydrogens is 508 g/mol. The molecule has 9 nitrogen and oxygen atoms in total. The Morgan fingerprint density at radius 3 is 2.11 bits per heavy atom. The van der Waals surface area contributed by atoms with Gasteiger partial charge < -0.3 is 9.80 Å². The molecule has 0 radical (unpaired) electrons. The van der Waals surface area contributed by atoms with Crippen LogP contribution >= 0.6 is 11.3 Å². The zero-order valence-electron chi connectivity index (χ0n) is 19.3. The summed E-state index contributed by atoms with van der Waals surface area (Å²) in [7, 11) is -6.79. The van der Waals surface area contributed by atoms with Gasteiger partial charge in [-0.2, -0.15) is 4.31 Å². The van der Waals surface area contributed by atoms with E-state index in [-0.39, 0.29) is 15.7 Å². The summed E-state index contributed by atoms with van der Waals surface area (Å²) in [5.41, 5.74) is 1.21. The number of rotatable bonds is 5. The first-order valence-electron chi connectivity index (χ1n) is 11.4. The Morgan fingerprint density at radius 2 is 1.49 bits per heavy atom. The van der Waals surface area contributed by atoms with Crippen LogP contribution in [-0.4, -0.2) is 82.5 Å². The summed E-state index contributed by atoms with van der Waals surface area (Å²) < 4.78 is 51.4. The van der Waals surface area contributed by atoms with E-state index in [4.69, 9.17) is 0 Å². The summed E-state index contributed by atoms with van der Waals surface area (Å²) in [4.78, 5) is 22.0. The first-order valence-corrected chi connectivity index (χ1v) is 15.5. The second-order valence-electron chi connectivity index (χ2n) is 8.81. The molecule has 3 aromatic rings. The number of nitrogens with zero attached hydrogens (tertiary/aromatic N) is 4. The van der Waals surface area contributed by atoms with Crippen LogP contribution in [0.15, 0.2) is 52.3 Å². The number of benzene rings is 2. The van der Waals surface area contributed by atoms with E-state index >= 15 is 0 Å². The van der Waals surface area contributed by atoms with Crippen molar-refractivity contribution in [3.8, 4) is 0 Å². The van der Waals surface area contributed by atoms with Gasteiger partial charge in [-0.15, -0.1) is 0 Å². The largest absolute Gasteiger partial charge is 0.345 e. The van der Waals surface area contributed by atoms with E-state index in [0.29, 0.717) is 44.8 Å². The van der Waals surface area contributed by atoms with Gasteiger partial charge in [0.25, 0.3) is 5.91 Å². The minimum Gasteiger partial charge on any atom is -0.345 e. The number of piperazine rings is 1. The second-order valence-corrected chi connectivity index (χ2v) is 13.8. The van der Waals surface area contributed by atoms with E-state index < -0.39 is 19.9 Å². The van der Waals surface area contributed by atoms with Crippen molar-refractivity contribution >= 4 is 52.5 Å². The number of fused-ring (bicyclic) bond motifs is 1. The van der Waals surface area contributed by atoms with E-state index in [1.165, 1.54) is 34.0 Å². The number of aromatic nitrogens is 1. The number of hydrogen-bond acceptors (Lipinski definition) is 8. The number of carbonyl (C=O) groups excluding carboxylic acids is 1. The van der Waals surface area contributed by atoms with Crippen molar-refractivity contribution in [2.45, 2.75) is 22.6 Å². The van der Waals surface area contributed by atoms with Gasteiger partial charge in [0.1, 0.15) is 0 Å². The molecule has 1 amide bonds. The van der Waals surface area contributed by atoms with Gasteiger partial charge in [0.15, 0.2) is 15.0 Å². The lowest BCUT2D eigenvalue weighted by atomic mass is 10.2. The van der Waals surface area contributed by atoms with Crippen molar-refractivity contribution < 1.29 is 21.6 Å². The van der Waals surface area contributed by atoms with E-state index in [2.05, 4.69) is 9.88 Å². The average Bonchev–Trinajstić information content (AvgIpc) is 3.53. The number of thiazole rings is 1. The highest BCUT2D eigenvalue weighted by atomic mass is 32.2. The van der Waals surface area contributed by atoms with Gasteiger partial charge in [-0.25, -0.2) is 21.8 Å². The second kappa shape index (κ2) is 9.16. The first-order chi connectivity index (χ1) is 16.6. The topological polar surface area (TPSA) is 108 Å². The smallest absolute Gasteiger partial charge is 0.253 e. The maximum Gasteiger partial charge on any atom is 0.253 e. The highest BCUT2D eigenvalue weighted by Gasteiger charge is 2.28. The lowest BCUT2D eigenvalue weighted by Gasteiger charge is -2.34. The number of amides is 1. The maximum absolute atomic E-state index is 13.0. The van der Waals surface area contributed by atoms with Crippen LogP contribution in [0.5, 0.6) is 0 Å². The fourth-order valence-corrected chi connectivity index (χ4v) is 7.68. The Kier molecular flexibility index (Phi) is 6.32. The van der Waals surface area contributed by atoms with Gasteiger partial charge in [0, 0.05) is 51.1 Å². The third-order valence-electron chi connectivity index (χ3n) is 6.42.